The lowest BCUT2D eigenvalue weighted by Crippen LogP contribution is -2.35. The fourth-order valence-corrected chi connectivity index (χ4v) is 3.76. The molecule has 0 spiro atoms. The molecule has 138 valence electrons. The molecule has 1 aromatic rings. The number of benzene rings is 1. The molecule has 2 unspecified atom stereocenters. The predicted molar refractivity (Wildman–Crippen MR) is 103 cm³/mol. The zero-order valence-corrected chi connectivity index (χ0v) is 16.4. The third-order valence-corrected chi connectivity index (χ3v) is 5.32. The van der Waals surface area contributed by atoms with Crippen molar-refractivity contribution >= 4 is 11.9 Å². The van der Waals surface area contributed by atoms with E-state index in [2.05, 4.69) is 30.4 Å². The lowest BCUT2D eigenvalue weighted by atomic mass is 10.1. The van der Waals surface area contributed by atoms with Crippen LogP contribution in [0.3, 0.4) is 0 Å². The zero-order valence-electron chi connectivity index (χ0n) is 15.5. The van der Waals surface area contributed by atoms with Crippen molar-refractivity contribution in [2.24, 2.45) is 5.92 Å². The Hall–Kier alpha value is -0.590. The summed E-state index contributed by atoms with van der Waals surface area (Å²) < 4.78 is 2.32. The van der Waals surface area contributed by atoms with Gasteiger partial charge in [-0.2, -0.15) is 0 Å². The zero-order chi connectivity index (χ0) is 17.9. The van der Waals surface area contributed by atoms with Crippen molar-refractivity contribution in [2.45, 2.75) is 63.6 Å². The van der Waals surface area contributed by atoms with Crippen LogP contribution in [0.2, 0.25) is 0 Å². The average Bonchev–Trinajstić information content (AvgIpc) is 2.58. The molecule has 0 saturated heterocycles. The van der Waals surface area contributed by atoms with Gasteiger partial charge < -0.3 is 15.5 Å². The highest BCUT2D eigenvalue weighted by Crippen LogP contribution is 2.28. The average molecular weight is 355 g/mol. The summed E-state index contributed by atoms with van der Waals surface area (Å²) >= 11 is 1.71. The molecule has 0 aromatic heterocycles. The lowest BCUT2D eigenvalue weighted by Gasteiger charge is -2.31. The molecule has 3 N–H and O–H groups in total. The summed E-state index contributed by atoms with van der Waals surface area (Å²) in [5.41, 5.74) is 0.925. The van der Waals surface area contributed by atoms with Gasteiger partial charge in [-0.3, -0.25) is 0 Å². The molecule has 5 heteroatoms. The lowest BCUT2D eigenvalue weighted by molar-refractivity contribution is 0.176. The van der Waals surface area contributed by atoms with E-state index in [1.807, 2.05) is 31.3 Å². The van der Waals surface area contributed by atoms with E-state index in [1.54, 1.807) is 11.9 Å². The normalized spacial score (nSPS) is 14.3. The van der Waals surface area contributed by atoms with Crippen molar-refractivity contribution in [1.29, 1.82) is 0 Å². The molecule has 1 aromatic carbocycles. The van der Waals surface area contributed by atoms with Crippen LogP contribution in [0.5, 0.6) is 0 Å². The fourth-order valence-electron chi connectivity index (χ4n) is 2.54. The first-order chi connectivity index (χ1) is 11.5. The SMILES string of the molecule is CNC(C)CCCC(CO)N(CC(C)C)Sc1ccc(CO)cc1. The molecule has 0 radical (unpaired) electrons. The molecule has 4 nitrogen and oxygen atoms in total. The van der Waals surface area contributed by atoms with Crippen LogP contribution in [-0.2, 0) is 6.61 Å². The van der Waals surface area contributed by atoms with Crippen LogP contribution in [0.25, 0.3) is 0 Å². The van der Waals surface area contributed by atoms with Crippen LogP contribution in [0, 0.1) is 5.92 Å². The van der Waals surface area contributed by atoms with Gasteiger partial charge in [0.2, 0.25) is 0 Å². The first-order valence-electron chi connectivity index (χ1n) is 8.92. The molecular formula is C19H34N2O2S. The molecule has 2 atom stereocenters. The third kappa shape index (κ3) is 7.99. The van der Waals surface area contributed by atoms with E-state index >= 15 is 0 Å². The summed E-state index contributed by atoms with van der Waals surface area (Å²) in [6.07, 6.45) is 3.22. The third-order valence-electron chi connectivity index (χ3n) is 4.16. The van der Waals surface area contributed by atoms with Gasteiger partial charge in [0.05, 0.1) is 13.2 Å². The van der Waals surface area contributed by atoms with Gasteiger partial charge >= 0.3 is 0 Å². The van der Waals surface area contributed by atoms with E-state index in [9.17, 15) is 5.11 Å². The van der Waals surface area contributed by atoms with E-state index in [4.69, 9.17) is 5.11 Å². The van der Waals surface area contributed by atoms with Gasteiger partial charge in [-0.05, 0) is 62.4 Å². The molecule has 0 saturated carbocycles. The number of aliphatic hydroxyl groups excluding tert-OH is 2. The Labute approximate surface area is 151 Å². The van der Waals surface area contributed by atoms with Crippen LogP contribution in [0.1, 0.15) is 45.6 Å². The minimum absolute atomic E-state index is 0.0730. The van der Waals surface area contributed by atoms with Crippen molar-refractivity contribution in [1.82, 2.24) is 9.62 Å². The maximum Gasteiger partial charge on any atom is 0.0681 e. The summed E-state index contributed by atoms with van der Waals surface area (Å²) in [4.78, 5) is 1.15. The summed E-state index contributed by atoms with van der Waals surface area (Å²) in [5.74, 6) is 0.541. The molecular weight excluding hydrogens is 320 g/mol. The Kier molecular flexibility index (Phi) is 10.6. The summed E-state index contributed by atoms with van der Waals surface area (Å²) in [6, 6.07) is 8.68. The van der Waals surface area contributed by atoms with Gasteiger partial charge in [0.1, 0.15) is 0 Å². The largest absolute Gasteiger partial charge is 0.395 e. The maximum absolute atomic E-state index is 9.89. The number of aliphatic hydroxyl groups is 2. The Morgan fingerprint density at radius 2 is 1.75 bits per heavy atom. The van der Waals surface area contributed by atoms with E-state index in [1.165, 1.54) is 0 Å². The van der Waals surface area contributed by atoms with E-state index in [-0.39, 0.29) is 19.3 Å². The number of nitrogens with zero attached hydrogens (tertiary/aromatic N) is 1. The Morgan fingerprint density at radius 3 is 2.25 bits per heavy atom. The Balaban J connectivity index is 2.69. The summed E-state index contributed by atoms with van der Waals surface area (Å²) in [5, 5.41) is 22.3. The van der Waals surface area contributed by atoms with Crippen LogP contribution in [0.4, 0.5) is 0 Å². The molecule has 1 rings (SSSR count). The van der Waals surface area contributed by atoms with Gasteiger partial charge in [-0.15, -0.1) is 0 Å². The first kappa shape index (κ1) is 21.5. The quantitative estimate of drug-likeness (QED) is 0.503. The van der Waals surface area contributed by atoms with Gasteiger partial charge in [0.25, 0.3) is 0 Å². The Bertz CT molecular complexity index is 439. The van der Waals surface area contributed by atoms with Crippen molar-refractivity contribution in [3.8, 4) is 0 Å². The topological polar surface area (TPSA) is 55.7 Å². The number of hydrogen-bond donors (Lipinski definition) is 3. The van der Waals surface area contributed by atoms with Crippen LogP contribution in [-0.4, -0.2) is 46.8 Å². The summed E-state index contributed by atoms with van der Waals surface area (Å²) in [7, 11) is 1.99. The highest BCUT2D eigenvalue weighted by atomic mass is 32.2. The number of hydrogen-bond acceptors (Lipinski definition) is 5. The predicted octanol–water partition coefficient (Wildman–Crippen LogP) is 3.28. The monoisotopic (exact) mass is 354 g/mol. The number of rotatable bonds is 12. The highest BCUT2D eigenvalue weighted by molar-refractivity contribution is 7.97. The smallest absolute Gasteiger partial charge is 0.0681 e. The van der Waals surface area contributed by atoms with E-state index in [0.29, 0.717) is 12.0 Å². The highest BCUT2D eigenvalue weighted by Gasteiger charge is 2.20. The molecule has 24 heavy (non-hydrogen) atoms. The molecule has 0 fully saturated rings. The first-order valence-corrected chi connectivity index (χ1v) is 9.70. The molecule has 0 aliphatic rings. The Morgan fingerprint density at radius 1 is 1.08 bits per heavy atom. The van der Waals surface area contributed by atoms with Gasteiger partial charge in [0.15, 0.2) is 0 Å². The van der Waals surface area contributed by atoms with Crippen molar-refractivity contribution in [3.63, 3.8) is 0 Å². The second-order valence-electron chi connectivity index (χ2n) is 6.84. The van der Waals surface area contributed by atoms with Crippen LogP contribution < -0.4 is 5.32 Å². The van der Waals surface area contributed by atoms with Gasteiger partial charge in [-0.25, -0.2) is 4.31 Å². The molecule has 0 heterocycles. The minimum Gasteiger partial charge on any atom is -0.395 e. The molecule has 0 bridgehead atoms. The number of nitrogens with one attached hydrogen (secondary N) is 1. The van der Waals surface area contributed by atoms with E-state index in [0.717, 1.165) is 36.3 Å². The van der Waals surface area contributed by atoms with Crippen LogP contribution >= 0.6 is 11.9 Å². The van der Waals surface area contributed by atoms with Crippen molar-refractivity contribution in [2.75, 3.05) is 20.2 Å². The summed E-state index contributed by atoms with van der Waals surface area (Å²) in [6.45, 7) is 7.81. The van der Waals surface area contributed by atoms with Gasteiger partial charge in [-0.1, -0.05) is 32.4 Å². The van der Waals surface area contributed by atoms with E-state index < -0.39 is 0 Å². The maximum atomic E-state index is 9.89. The molecule has 0 aliphatic heterocycles. The second kappa shape index (κ2) is 11.9. The van der Waals surface area contributed by atoms with Gasteiger partial charge in [0, 0.05) is 23.5 Å². The minimum atomic E-state index is 0.0730. The molecule has 0 amide bonds. The van der Waals surface area contributed by atoms with Crippen LogP contribution in [0.15, 0.2) is 29.2 Å². The fraction of sp³-hybridized carbons (Fsp3) is 0.684. The molecule has 0 aliphatic carbocycles. The standard InChI is InChI=1S/C19H34N2O2S/c1-15(2)12-21(18(14-23)7-5-6-16(3)20-4)24-19-10-8-17(13-22)9-11-19/h8-11,15-16,18,20,22-23H,5-7,12-14H2,1-4H3. The van der Waals surface area contributed by atoms with Crippen molar-refractivity contribution < 1.29 is 10.2 Å². The van der Waals surface area contributed by atoms with Crippen molar-refractivity contribution in [3.05, 3.63) is 29.8 Å². The second-order valence-corrected chi connectivity index (χ2v) is 7.97.